The number of thiazole rings is 1. The highest BCUT2D eigenvalue weighted by Gasteiger charge is 2.26. The van der Waals surface area contributed by atoms with E-state index in [1.165, 1.54) is 5.56 Å². The van der Waals surface area contributed by atoms with Crippen molar-refractivity contribution < 1.29 is 4.79 Å². The van der Waals surface area contributed by atoms with Crippen molar-refractivity contribution >= 4 is 22.4 Å². The maximum Gasteiger partial charge on any atom is 0.224 e. The largest absolute Gasteiger partial charge is 0.354 e. The molecule has 1 saturated heterocycles. The Labute approximate surface area is 135 Å². The average Bonchev–Trinajstić information content (AvgIpc) is 3.16. The van der Waals surface area contributed by atoms with E-state index in [9.17, 15) is 4.79 Å². The first-order valence-corrected chi connectivity index (χ1v) is 8.59. The molecule has 1 fully saturated rings. The van der Waals surface area contributed by atoms with Crippen LogP contribution in [-0.2, 0) is 11.2 Å². The van der Waals surface area contributed by atoms with Crippen molar-refractivity contribution in [2.45, 2.75) is 32.2 Å². The summed E-state index contributed by atoms with van der Waals surface area (Å²) >= 11 is 1.66. The van der Waals surface area contributed by atoms with E-state index in [1.54, 1.807) is 11.3 Å². The van der Waals surface area contributed by atoms with E-state index in [4.69, 9.17) is 0 Å². The maximum atomic E-state index is 12.1. The van der Waals surface area contributed by atoms with Gasteiger partial charge >= 0.3 is 0 Å². The second-order valence-electron chi connectivity index (χ2n) is 5.77. The minimum atomic E-state index is 0.0941. The molecule has 0 radical (unpaired) electrons. The second-order valence-corrected chi connectivity index (χ2v) is 6.65. The van der Waals surface area contributed by atoms with Crippen molar-refractivity contribution in [1.29, 1.82) is 0 Å². The molecule has 1 aromatic heterocycles. The first-order valence-electron chi connectivity index (χ1n) is 7.71. The second kappa shape index (κ2) is 6.92. The molecule has 116 valence electrons. The SMILES string of the molecule is Cc1cccc(CC(=O)NCC2CCCN2c2nccs2)c1. The van der Waals surface area contributed by atoms with E-state index in [2.05, 4.69) is 21.3 Å². The van der Waals surface area contributed by atoms with Crippen molar-refractivity contribution in [2.75, 3.05) is 18.0 Å². The van der Waals surface area contributed by atoms with Crippen LogP contribution in [0.2, 0.25) is 0 Å². The monoisotopic (exact) mass is 315 g/mol. The molecule has 4 nitrogen and oxygen atoms in total. The molecule has 2 heterocycles. The highest BCUT2D eigenvalue weighted by molar-refractivity contribution is 7.13. The minimum Gasteiger partial charge on any atom is -0.354 e. The zero-order chi connectivity index (χ0) is 15.4. The van der Waals surface area contributed by atoms with Crippen molar-refractivity contribution in [2.24, 2.45) is 0 Å². The number of anilines is 1. The average molecular weight is 315 g/mol. The van der Waals surface area contributed by atoms with Crippen LogP contribution in [0.4, 0.5) is 5.13 Å². The Balaban J connectivity index is 1.52. The first-order chi connectivity index (χ1) is 10.7. The lowest BCUT2D eigenvalue weighted by Gasteiger charge is -2.24. The van der Waals surface area contributed by atoms with Gasteiger partial charge in [0.05, 0.1) is 6.42 Å². The molecule has 1 unspecified atom stereocenters. The molecule has 3 rings (SSSR count). The van der Waals surface area contributed by atoms with Crippen molar-refractivity contribution in [3.63, 3.8) is 0 Å². The van der Waals surface area contributed by atoms with Gasteiger partial charge in [0.15, 0.2) is 5.13 Å². The van der Waals surface area contributed by atoms with Crippen LogP contribution in [0.25, 0.3) is 0 Å². The van der Waals surface area contributed by atoms with Crippen LogP contribution in [0.3, 0.4) is 0 Å². The summed E-state index contributed by atoms with van der Waals surface area (Å²) in [7, 11) is 0. The van der Waals surface area contributed by atoms with Crippen LogP contribution in [0.1, 0.15) is 24.0 Å². The summed E-state index contributed by atoms with van der Waals surface area (Å²) in [5.41, 5.74) is 2.26. The van der Waals surface area contributed by atoms with Gasteiger partial charge < -0.3 is 10.2 Å². The Bertz CT molecular complexity index is 627. The number of nitrogens with zero attached hydrogens (tertiary/aromatic N) is 2. The number of aryl methyl sites for hydroxylation is 1. The van der Waals surface area contributed by atoms with Crippen LogP contribution < -0.4 is 10.2 Å². The highest BCUT2D eigenvalue weighted by atomic mass is 32.1. The van der Waals surface area contributed by atoms with Crippen LogP contribution in [0, 0.1) is 6.92 Å². The number of hydrogen-bond donors (Lipinski definition) is 1. The fraction of sp³-hybridized carbons (Fsp3) is 0.412. The normalized spacial score (nSPS) is 17.7. The number of nitrogens with one attached hydrogen (secondary N) is 1. The Morgan fingerprint density at radius 2 is 2.41 bits per heavy atom. The predicted octanol–water partition coefficient (Wildman–Crippen LogP) is 2.78. The summed E-state index contributed by atoms with van der Waals surface area (Å²) in [4.78, 5) is 18.8. The Kier molecular flexibility index (Phi) is 4.73. The van der Waals surface area contributed by atoms with Gasteiger partial charge in [-0.3, -0.25) is 4.79 Å². The summed E-state index contributed by atoms with van der Waals surface area (Å²) in [6, 6.07) is 8.49. The fourth-order valence-electron chi connectivity index (χ4n) is 2.96. The van der Waals surface area contributed by atoms with Crippen molar-refractivity contribution in [3.05, 3.63) is 47.0 Å². The van der Waals surface area contributed by atoms with Gasteiger partial charge in [-0.15, -0.1) is 11.3 Å². The molecule has 5 heteroatoms. The molecule has 1 N–H and O–H groups in total. The molecule has 2 aromatic rings. The highest BCUT2D eigenvalue weighted by Crippen LogP contribution is 2.26. The molecule has 0 aliphatic carbocycles. The molecule has 0 spiro atoms. The number of hydrogen-bond acceptors (Lipinski definition) is 4. The number of carbonyl (C=O) groups is 1. The third-order valence-corrected chi connectivity index (χ3v) is 4.83. The van der Waals surface area contributed by atoms with Gasteiger partial charge in [-0.05, 0) is 25.3 Å². The minimum absolute atomic E-state index is 0.0941. The Hall–Kier alpha value is -1.88. The van der Waals surface area contributed by atoms with E-state index in [0.29, 0.717) is 19.0 Å². The number of carbonyl (C=O) groups excluding carboxylic acids is 1. The van der Waals surface area contributed by atoms with E-state index in [0.717, 1.165) is 30.1 Å². The van der Waals surface area contributed by atoms with Crippen LogP contribution in [0.5, 0.6) is 0 Å². The predicted molar refractivity (Wildman–Crippen MR) is 90.4 cm³/mol. The summed E-state index contributed by atoms with van der Waals surface area (Å²) in [5.74, 6) is 0.0941. The molecule has 0 bridgehead atoms. The maximum absolute atomic E-state index is 12.1. The molecule has 1 aliphatic rings. The molecule has 1 aliphatic heterocycles. The fourth-order valence-corrected chi connectivity index (χ4v) is 3.70. The molecule has 22 heavy (non-hydrogen) atoms. The summed E-state index contributed by atoms with van der Waals surface area (Å²) in [5, 5.41) is 6.15. The van der Waals surface area contributed by atoms with Gasteiger partial charge in [-0.25, -0.2) is 4.98 Å². The molecular weight excluding hydrogens is 294 g/mol. The molecule has 1 atom stereocenters. The van der Waals surface area contributed by atoms with Crippen LogP contribution in [0.15, 0.2) is 35.8 Å². The van der Waals surface area contributed by atoms with E-state index in [1.807, 2.05) is 36.7 Å². The molecule has 1 aromatic carbocycles. The topological polar surface area (TPSA) is 45.2 Å². The quantitative estimate of drug-likeness (QED) is 0.923. The third kappa shape index (κ3) is 3.65. The lowest BCUT2D eigenvalue weighted by atomic mass is 10.1. The van der Waals surface area contributed by atoms with Gasteiger partial charge in [0.1, 0.15) is 0 Å². The molecule has 0 saturated carbocycles. The van der Waals surface area contributed by atoms with Crippen molar-refractivity contribution in [1.82, 2.24) is 10.3 Å². The first kappa shape index (κ1) is 15.0. The van der Waals surface area contributed by atoms with Crippen molar-refractivity contribution in [3.8, 4) is 0 Å². The van der Waals surface area contributed by atoms with Gasteiger partial charge in [0.2, 0.25) is 5.91 Å². The number of amides is 1. The molecule has 1 amide bonds. The van der Waals surface area contributed by atoms with E-state index < -0.39 is 0 Å². The summed E-state index contributed by atoms with van der Waals surface area (Å²) in [6.45, 7) is 3.78. The number of aromatic nitrogens is 1. The van der Waals surface area contributed by atoms with Gasteiger partial charge in [-0.1, -0.05) is 29.8 Å². The van der Waals surface area contributed by atoms with Crippen LogP contribution >= 0.6 is 11.3 Å². The zero-order valence-corrected chi connectivity index (χ0v) is 13.6. The van der Waals surface area contributed by atoms with Gasteiger partial charge in [0, 0.05) is 30.7 Å². The van der Waals surface area contributed by atoms with Crippen LogP contribution in [-0.4, -0.2) is 30.0 Å². The van der Waals surface area contributed by atoms with E-state index in [-0.39, 0.29) is 5.91 Å². The van der Waals surface area contributed by atoms with Gasteiger partial charge in [-0.2, -0.15) is 0 Å². The number of benzene rings is 1. The van der Waals surface area contributed by atoms with E-state index >= 15 is 0 Å². The Morgan fingerprint density at radius 3 is 3.18 bits per heavy atom. The Morgan fingerprint density at radius 1 is 1.50 bits per heavy atom. The lowest BCUT2D eigenvalue weighted by Crippen LogP contribution is -2.40. The summed E-state index contributed by atoms with van der Waals surface area (Å²) in [6.07, 6.45) is 4.57. The molecular formula is C17H21N3OS. The lowest BCUT2D eigenvalue weighted by molar-refractivity contribution is -0.120. The third-order valence-electron chi connectivity index (χ3n) is 4.02. The van der Waals surface area contributed by atoms with Gasteiger partial charge in [0.25, 0.3) is 0 Å². The summed E-state index contributed by atoms with van der Waals surface area (Å²) < 4.78 is 0. The zero-order valence-electron chi connectivity index (χ0n) is 12.8. The smallest absolute Gasteiger partial charge is 0.224 e. The standard InChI is InChI=1S/C17H21N3OS/c1-13-4-2-5-14(10-13)11-16(21)19-12-15-6-3-8-20(15)17-18-7-9-22-17/h2,4-5,7,9-10,15H,3,6,8,11-12H2,1H3,(H,19,21). The number of rotatable bonds is 5.